The zero-order chi connectivity index (χ0) is 31.9. The highest BCUT2D eigenvalue weighted by atomic mass is 16.4. The predicted molar refractivity (Wildman–Crippen MR) is 170 cm³/mol. The molecule has 1 fully saturated rings. The molecule has 0 bridgehead atoms. The van der Waals surface area contributed by atoms with Gasteiger partial charge in [-0.1, -0.05) is 51.6 Å². The maximum atomic E-state index is 12.6. The van der Waals surface area contributed by atoms with Gasteiger partial charge >= 0.3 is 5.97 Å². The van der Waals surface area contributed by atoms with Crippen molar-refractivity contribution < 1.29 is 24.3 Å². The van der Waals surface area contributed by atoms with Crippen molar-refractivity contribution in [2.24, 2.45) is 5.92 Å². The SMILES string of the molecule is C=CCCCCC(=O)NC(C(=O)NC(C)C(=O)N1CCCC(C(=O)O)N1)C(C)C.C=Cc1cc2cc(CC)ccc2cn1. The Morgan fingerprint density at radius 1 is 1.12 bits per heavy atom. The van der Waals surface area contributed by atoms with Gasteiger partial charge in [-0.3, -0.25) is 29.2 Å². The molecule has 43 heavy (non-hydrogen) atoms. The molecule has 3 amide bonds. The first-order chi connectivity index (χ1) is 20.5. The number of fused-ring (bicyclic) bond motifs is 1. The Morgan fingerprint density at radius 3 is 2.49 bits per heavy atom. The molecular formula is C33H47N5O5. The van der Waals surface area contributed by atoms with E-state index in [9.17, 15) is 19.2 Å². The quantitative estimate of drug-likeness (QED) is 0.199. The highest BCUT2D eigenvalue weighted by Crippen LogP contribution is 2.17. The summed E-state index contributed by atoms with van der Waals surface area (Å²) in [6, 6.07) is 6.13. The highest BCUT2D eigenvalue weighted by Gasteiger charge is 2.32. The summed E-state index contributed by atoms with van der Waals surface area (Å²) in [7, 11) is 0. The van der Waals surface area contributed by atoms with E-state index in [0.717, 1.165) is 25.0 Å². The predicted octanol–water partition coefficient (Wildman–Crippen LogP) is 4.40. The third kappa shape index (κ3) is 11.3. The standard InChI is InChI=1S/C20H34N4O5.C13H13N/c1-5-6-7-8-11-16(25)22-17(13(2)3)18(26)21-14(4)19(27)24-12-9-10-15(23-24)20(28)29;1-3-10-5-6-11-9-14-13(4-2)8-12(11)7-10/h5,13-15,17,23H,1,6-12H2,2-4H3,(H,21,26)(H,22,25)(H,28,29);4-9H,2-3H2,1H3. The van der Waals surface area contributed by atoms with Crippen molar-refractivity contribution in [3.05, 3.63) is 61.0 Å². The van der Waals surface area contributed by atoms with Gasteiger partial charge in [-0.2, -0.15) is 0 Å². The Kier molecular flexibility index (Phi) is 14.6. The van der Waals surface area contributed by atoms with Crippen molar-refractivity contribution in [1.29, 1.82) is 0 Å². The maximum absolute atomic E-state index is 12.6. The molecule has 0 aliphatic carbocycles. The molecule has 2 aromatic rings. The second-order valence-corrected chi connectivity index (χ2v) is 11.1. The van der Waals surface area contributed by atoms with Gasteiger partial charge in [0.15, 0.2) is 0 Å². The Labute approximate surface area is 255 Å². The molecule has 1 aromatic heterocycles. The number of carbonyl (C=O) groups is 4. The third-order valence-electron chi connectivity index (χ3n) is 7.23. The van der Waals surface area contributed by atoms with Gasteiger partial charge in [-0.05, 0) is 74.5 Å². The van der Waals surface area contributed by atoms with E-state index in [2.05, 4.69) is 65.4 Å². The number of aryl methyl sites for hydroxylation is 1. The molecule has 1 aromatic carbocycles. The van der Waals surface area contributed by atoms with Crippen LogP contribution in [0.3, 0.4) is 0 Å². The summed E-state index contributed by atoms with van der Waals surface area (Å²) in [6.07, 6.45) is 10.3. The number of carbonyl (C=O) groups excluding carboxylic acids is 3. The Morgan fingerprint density at radius 2 is 1.86 bits per heavy atom. The molecule has 1 aliphatic rings. The Bertz CT molecular complexity index is 1280. The van der Waals surface area contributed by atoms with E-state index in [1.54, 1.807) is 19.1 Å². The lowest BCUT2D eigenvalue weighted by atomic mass is 10.0. The minimum absolute atomic E-state index is 0.154. The molecule has 4 N–H and O–H groups in total. The van der Waals surface area contributed by atoms with Crippen LogP contribution in [0.5, 0.6) is 0 Å². The minimum atomic E-state index is -1.02. The van der Waals surface area contributed by atoms with Gasteiger partial charge in [0, 0.05) is 24.5 Å². The molecule has 234 valence electrons. The van der Waals surface area contributed by atoms with Crippen LogP contribution in [0.25, 0.3) is 16.8 Å². The number of aromatic nitrogens is 1. The fourth-order valence-electron chi connectivity index (χ4n) is 4.62. The molecule has 0 spiro atoms. The summed E-state index contributed by atoms with van der Waals surface area (Å²) in [5.74, 6) is -2.23. The lowest BCUT2D eigenvalue weighted by Crippen LogP contribution is -2.60. The Hall–Kier alpha value is -4.05. The maximum Gasteiger partial charge on any atom is 0.322 e. The molecule has 3 rings (SSSR count). The minimum Gasteiger partial charge on any atom is -0.480 e. The van der Waals surface area contributed by atoms with Crippen molar-refractivity contribution in [2.45, 2.75) is 90.8 Å². The first kappa shape index (κ1) is 35.1. The van der Waals surface area contributed by atoms with E-state index in [0.29, 0.717) is 32.2 Å². The summed E-state index contributed by atoms with van der Waals surface area (Å²) in [4.78, 5) is 52.8. The molecule has 1 aliphatic heterocycles. The van der Waals surface area contributed by atoms with Gasteiger partial charge in [0.2, 0.25) is 11.8 Å². The average molecular weight is 594 g/mol. The van der Waals surface area contributed by atoms with E-state index in [4.69, 9.17) is 5.11 Å². The van der Waals surface area contributed by atoms with E-state index < -0.39 is 35.9 Å². The van der Waals surface area contributed by atoms with E-state index in [-0.39, 0.29) is 11.8 Å². The second kappa shape index (κ2) is 17.8. The van der Waals surface area contributed by atoms with Crippen LogP contribution in [-0.2, 0) is 25.6 Å². The number of rotatable bonds is 13. The average Bonchev–Trinajstić information content (AvgIpc) is 3.01. The number of aliphatic carboxylic acids is 1. The van der Waals surface area contributed by atoms with Crippen molar-refractivity contribution in [3.8, 4) is 0 Å². The van der Waals surface area contributed by atoms with Crippen molar-refractivity contribution in [3.63, 3.8) is 0 Å². The Balaban J connectivity index is 0.000000380. The van der Waals surface area contributed by atoms with Gasteiger partial charge in [0.1, 0.15) is 18.1 Å². The normalized spacial score (nSPS) is 15.9. The summed E-state index contributed by atoms with van der Waals surface area (Å²) >= 11 is 0. The van der Waals surface area contributed by atoms with Crippen molar-refractivity contribution in [2.75, 3.05) is 6.54 Å². The molecule has 3 unspecified atom stereocenters. The molecule has 0 saturated carbocycles. The molecule has 0 radical (unpaired) electrons. The monoisotopic (exact) mass is 593 g/mol. The number of hydrogen-bond acceptors (Lipinski definition) is 6. The molecule has 10 nitrogen and oxygen atoms in total. The largest absolute Gasteiger partial charge is 0.480 e. The van der Waals surface area contributed by atoms with Crippen LogP contribution in [0.4, 0.5) is 0 Å². The first-order valence-electron chi connectivity index (χ1n) is 15.0. The molecule has 1 saturated heterocycles. The summed E-state index contributed by atoms with van der Waals surface area (Å²) in [5, 5.41) is 18.2. The third-order valence-corrected chi connectivity index (χ3v) is 7.23. The lowest BCUT2D eigenvalue weighted by molar-refractivity contribution is -0.148. The highest BCUT2D eigenvalue weighted by molar-refractivity contribution is 5.92. The van der Waals surface area contributed by atoms with Gasteiger partial charge in [-0.25, -0.2) is 5.43 Å². The fourth-order valence-corrected chi connectivity index (χ4v) is 4.62. The number of nitrogens with one attached hydrogen (secondary N) is 3. The van der Waals surface area contributed by atoms with Gasteiger partial charge in [0.25, 0.3) is 5.91 Å². The summed E-state index contributed by atoms with van der Waals surface area (Å²) in [6.45, 7) is 15.1. The number of hydrazine groups is 1. The van der Waals surface area contributed by atoms with Crippen LogP contribution in [0, 0.1) is 5.92 Å². The van der Waals surface area contributed by atoms with Crippen LogP contribution in [-0.4, -0.2) is 63.5 Å². The van der Waals surface area contributed by atoms with Gasteiger partial charge in [0.05, 0.1) is 5.69 Å². The van der Waals surface area contributed by atoms with E-state index >= 15 is 0 Å². The number of unbranched alkanes of at least 4 members (excludes halogenated alkanes) is 2. The van der Waals surface area contributed by atoms with E-state index in [1.807, 2.05) is 20.0 Å². The summed E-state index contributed by atoms with van der Waals surface area (Å²) in [5.41, 5.74) is 4.98. The number of amides is 3. The van der Waals surface area contributed by atoms with Gasteiger partial charge < -0.3 is 15.7 Å². The van der Waals surface area contributed by atoms with Crippen molar-refractivity contribution >= 4 is 40.5 Å². The van der Waals surface area contributed by atoms with Gasteiger partial charge in [-0.15, -0.1) is 6.58 Å². The number of carboxylic acids is 1. The smallest absolute Gasteiger partial charge is 0.322 e. The zero-order valence-corrected chi connectivity index (χ0v) is 25.9. The first-order valence-corrected chi connectivity index (χ1v) is 15.0. The molecule has 10 heteroatoms. The van der Waals surface area contributed by atoms with Crippen LogP contribution in [0.2, 0.25) is 0 Å². The van der Waals surface area contributed by atoms with Crippen LogP contribution in [0.15, 0.2) is 49.7 Å². The van der Waals surface area contributed by atoms with E-state index in [1.165, 1.54) is 21.3 Å². The van der Waals surface area contributed by atoms with Crippen LogP contribution in [0.1, 0.15) is 77.5 Å². The summed E-state index contributed by atoms with van der Waals surface area (Å²) < 4.78 is 0. The number of pyridine rings is 1. The second-order valence-electron chi connectivity index (χ2n) is 11.1. The number of benzene rings is 1. The number of allylic oxidation sites excluding steroid dienone is 1. The van der Waals surface area contributed by atoms with Crippen molar-refractivity contribution in [1.82, 2.24) is 26.1 Å². The number of hydrogen-bond donors (Lipinski definition) is 4. The number of carboxylic acid groups (broad SMARTS) is 1. The van der Waals surface area contributed by atoms with Crippen LogP contribution < -0.4 is 16.1 Å². The molecular weight excluding hydrogens is 546 g/mol. The lowest BCUT2D eigenvalue weighted by Gasteiger charge is -2.34. The molecule has 3 atom stereocenters. The topological polar surface area (TPSA) is 141 Å². The molecule has 2 heterocycles. The number of nitrogens with zero attached hydrogens (tertiary/aromatic N) is 2. The van der Waals surface area contributed by atoms with Crippen LogP contribution >= 0.6 is 0 Å². The zero-order valence-electron chi connectivity index (χ0n) is 25.9. The fraction of sp³-hybridized carbons (Fsp3) is 0.485.